The molecule has 2 fully saturated rings. The number of nitrogens with two attached hydrogens (primary N) is 1. The summed E-state index contributed by atoms with van der Waals surface area (Å²) in [6, 6.07) is 0.477. The van der Waals surface area contributed by atoms with E-state index in [0.717, 1.165) is 32.1 Å². The van der Waals surface area contributed by atoms with Crippen LogP contribution < -0.4 is 11.3 Å². The molecular formula is C12H25N5O. The van der Waals surface area contributed by atoms with E-state index in [1.807, 2.05) is 13.8 Å². The third-order valence-electron chi connectivity index (χ3n) is 3.26. The molecule has 0 radical (unpaired) electrons. The van der Waals surface area contributed by atoms with Crippen LogP contribution in [0.15, 0.2) is 4.99 Å². The number of rotatable bonds is 3. The molecule has 1 saturated carbocycles. The lowest BCUT2D eigenvalue weighted by atomic mass is 10.1. The second-order valence-electron chi connectivity index (χ2n) is 5.90. The molecule has 1 saturated heterocycles. The zero-order chi connectivity index (χ0) is 13.2. The average Bonchev–Trinajstić information content (AvgIpc) is 3.09. The van der Waals surface area contributed by atoms with Gasteiger partial charge in [0.15, 0.2) is 0 Å². The van der Waals surface area contributed by atoms with E-state index in [4.69, 9.17) is 5.84 Å². The molecule has 6 heteroatoms. The van der Waals surface area contributed by atoms with Crippen molar-refractivity contribution in [1.29, 1.82) is 0 Å². The van der Waals surface area contributed by atoms with Crippen LogP contribution in [0.3, 0.4) is 0 Å². The number of hydrazine groups is 1. The van der Waals surface area contributed by atoms with Gasteiger partial charge in [0.1, 0.15) is 0 Å². The molecule has 0 unspecified atom stereocenters. The standard InChI is InChI=1S/C12H25N5O/c1-12(2,18)9-16-5-7-17(8-6-16)11(15-13)14-10-3-4-10/h10,18H,3-9,13H2,1-2H3,(H,14,15). The molecule has 2 rings (SSSR count). The van der Waals surface area contributed by atoms with Gasteiger partial charge in [-0.3, -0.25) is 10.3 Å². The molecule has 0 aromatic heterocycles. The van der Waals surface area contributed by atoms with Crippen LogP contribution in [0.4, 0.5) is 0 Å². The highest BCUT2D eigenvalue weighted by Crippen LogP contribution is 2.23. The number of hydrogen-bond acceptors (Lipinski definition) is 4. The smallest absolute Gasteiger partial charge is 0.208 e. The maximum Gasteiger partial charge on any atom is 0.208 e. The zero-order valence-corrected chi connectivity index (χ0v) is 11.4. The second-order valence-corrected chi connectivity index (χ2v) is 5.90. The zero-order valence-electron chi connectivity index (χ0n) is 11.4. The number of piperazine rings is 1. The second kappa shape index (κ2) is 5.42. The van der Waals surface area contributed by atoms with Crippen molar-refractivity contribution >= 4 is 5.96 Å². The average molecular weight is 255 g/mol. The van der Waals surface area contributed by atoms with Crippen molar-refractivity contribution in [2.24, 2.45) is 10.8 Å². The molecule has 0 spiro atoms. The first-order valence-electron chi connectivity index (χ1n) is 6.72. The molecule has 0 amide bonds. The number of aliphatic hydroxyl groups is 1. The molecule has 1 aliphatic carbocycles. The van der Waals surface area contributed by atoms with Crippen molar-refractivity contribution in [1.82, 2.24) is 15.2 Å². The minimum absolute atomic E-state index is 0.477. The third-order valence-corrected chi connectivity index (χ3v) is 3.26. The first-order valence-corrected chi connectivity index (χ1v) is 6.72. The van der Waals surface area contributed by atoms with Crippen LogP contribution in [0.25, 0.3) is 0 Å². The number of nitrogens with one attached hydrogen (secondary N) is 1. The Kier molecular flexibility index (Phi) is 4.09. The highest BCUT2D eigenvalue weighted by Gasteiger charge is 2.26. The summed E-state index contributed by atoms with van der Waals surface area (Å²) in [5.74, 6) is 6.36. The van der Waals surface area contributed by atoms with Gasteiger partial charge >= 0.3 is 0 Å². The van der Waals surface area contributed by atoms with Gasteiger partial charge in [-0.05, 0) is 26.7 Å². The maximum absolute atomic E-state index is 9.81. The Balaban J connectivity index is 1.82. The Morgan fingerprint density at radius 1 is 1.33 bits per heavy atom. The molecule has 104 valence electrons. The van der Waals surface area contributed by atoms with Crippen molar-refractivity contribution < 1.29 is 5.11 Å². The summed E-state index contributed by atoms with van der Waals surface area (Å²) in [4.78, 5) is 9.04. The first-order chi connectivity index (χ1) is 8.48. The molecule has 6 nitrogen and oxygen atoms in total. The van der Waals surface area contributed by atoms with E-state index in [2.05, 4.69) is 20.2 Å². The van der Waals surface area contributed by atoms with E-state index in [1.54, 1.807) is 0 Å². The largest absolute Gasteiger partial charge is 0.389 e. The molecule has 1 heterocycles. The predicted octanol–water partition coefficient (Wildman–Crippen LogP) is -0.643. The maximum atomic E-state index is 9.81. The van der Waals surface area contributed by atoms with Crippen LogP contribution in [-0.4, -0.2) is 65.2 Å². The van der Waals surface area contributed by atoms with Gasteiger partial charge in [0.2, 0.25) is 5.96 Å². The van der Waals surface area contributed by atoms with E-state index in [1.165, 1.54) is 12.8 Å². The monoisotopic (exact) mass is 255 g/mol. The molecule has 0 atom stereocenters. The minimum Gasteiger partial charge on any atom is -0.389 e. The number of nitrogens with zero attached hydrogens (tertiary/aromatic N) is 3. The Hall–Kier alpha value is -0.850. The predicted molar refractivity (Wildman–Crippen MR) is 72.1 cm³/mol. The summed E-state index contributed by atoms with van der Waals surface area (Å²) in [5, 5.41) is 9.81. The fourth-order valence-corrected chi connectivity index (χ4v) is 2.25. The number of β-amino-alcohol motifs (C(OH)–C–C–N with tert-alkyl or cyclic N) is 1. The topological polar surface area (TPSA) is 77.1 Å². The van der Waals surface area contributed by atoms with Gasteiger partial charge in [-0.25, -0.2) is 10.8 Å². The van der Waals surface area contributed by atoms with E-state index >= 15 is 0 Å². The Labute approximate surface area is 109 Å². The molecule has 0 bridgehead atoms. The quantitative estimate of drug-likeness (QED) is 0.270. The van der Waals surface area contributed by atoms with E-state index in [-0.39, 0.29) is 0 Å². The summed E-state index contributed by atoms with van der Waals surface area (Å²) >= 11 is 0. The van der Waals surface area contributed by atoms with Crippen LogP contribution in [0.5, 0.6) is 0 Å². The van der Waals surface area contributed by atoms with Crippen molar-refractivity contribution in [2.75, 3.05) is 32.7 Å². The first kappa shape index (κ1) is 13.6. The summed E-state index contributed by atoms with van der Waals surface area (Å²) in [6.07, 6.45) is 2.37. The normalized spacial score (nSPS) is 23.3. The fourth-order valence-electron chi connectivity index (χ4n) is 2.25. The van der Waals surface area contributed by atoms with Gasteiger partial charge in [-0.15, -0.1) is 0 Å². The van der Waals surface area contributed by atoms with Crippen molar-refractivity contribution in [3.63, 3.8) is 0 Å². The molecule has 2 aliphatic rings. The lowest BCUT2D eigenvalue weighted by Gasteiger charge is -2.38. The van der Waals surface area contributed by atoms with Gasteiger partial charge in [0, 0.05) is 32.7 Å². The van der Waals surface area contributed by atoms with Gasteiger partial charge in [-0.1, -0.05) is 0 Å². The van der Waals surface area contributed by atoms with Gasteiger partial charge in [0.05, 0.1) is 11.6 Å². The van der Waals surface area contributed by atoms with E-state index in [9.17, 15) is 5.11 Å². The fraction of sp³-hybridized carbons (Fsp3) is 0.917. The van der Waals surface area contributed by atoms with Gasteiger partial charge in [-0.2, -0.15) is 0 Å². The van der Waals surface area contributed by atoms with Crippen molar-refractivity contribution in [3.8, 4) is 0 Å². The third kappa shape index (κ3) is 4.12. The van der Waals surface area contributed by atoms with Gasteiger partial charge in [0.25, 0.3) is 0 Å². The molecule has 0 aromatic carbocycles. The summed E-state index contributed by atoms with van der Waals surface area (Å²) in [6.45, 7) is 8.11. The lowest BCUT2D eigenvalue weighted by Crippen LogP contribution is -2.55. The van der Waals surface area contributed by atoms with Crippen LogP contribution in [0, 0.1) is 0 Å². The number of aliphatic imine (C=N–C) groups is 1. The van der Waals surface area contributed by atoms with E-state index < -0.39 is 5.60 Å². The molecule has 0 aromatic rings. The Bertz CT molecular complexity index is 300. The Morgan fingerprint density at radius 2 is 1.94 bits per heavy atom. The SMILES string of the molecule is CC(C)(O)CN1CCN(C(=NC2CC2)NN)CC1. The van der Waals surface area contributed by atoms with Crippen LogP contribution >= 0.6 is 0 Å². The molecule has 18 heavy (non-hydrogen) atoms. The van der Waals surface area contributed by atoms with Crippen molar-refractivity contribution in [2.45, 2.75) is 38.3 Å². The summed E-state index contributed by atoms with van der Waals surface area (Å²) in [5.41, 5.74) is 2.09. The van der Waals surface area contributed by atoms with Gasteiger partial charge < -0.3 is 10.0 Å². The lowest BCUT2D eigenvalue weighted by molar-refractivity contribution is 0.0248. The summed E-state index contributed by atoms with van der Waals surface area (Å²) < 4.78 is 0. The van der Waals surface area contributed by atoms with Crippen LogP contribution in [-0.2, 0) is 0 Å². The highest BCUT2D eigenvalue weighted by molar-refractivity contribution is 5.79. The number of guanidine groups is 1. The highest BCUT2D eigenvalue weighted by atomic mass is 16.3. The molecule has 4 N–H and O–H groups in total. The minimum atomic E-state index is -0.626. The van der Waals surface area contributed by atoms with E-state index in [0.29, 0.717) is 12.6 Å². The summed E-state index contributed by atoms with van der Waals surface area (Å²) in [7, 11) is 0. The van der Waals surface area contributed by atoms with Crippen LogP contribution in [0.1, 0.15) is 26.7 Å². The molecular weight excluding hydrogens is 230 g/mol. The molecule has 1 aliphatic heterocycles. The van der Waals surface area contributed by atoms with Crippen molar-refractivity contribution in [3.05, 3.63) is 0 Å². The Morgan fingerprint density at radius 3 is 2.39 bits per heavy atom. The van der Waals surface area contributed by atoms with Crippen LogP contribution in [0.2, 0.25) is 0 Å². The number of hydrogen-bond donors (Lipinski definition) is 3.